The van der Waals surface area contributed by atoms with Crippen LogP contribution in [0.3, 0.4) is 0 Å². The van der Waals surface area contributed by atoms with Crippen molar-refractivity contribution in [3.8, 4) is 22.3 Å². The van der Waals surface area contributed by atoms with Gasteiger partial charge in [0, 0.05) is 32.7 Å². The van der Waals surface area contributed by atoms with E-state index in [1.807, 2.05) is 27.7 Å². The minimum atomic E-state index is 0. The normalized spacial score (nSPS) is 10.1. The molecule has 2 aliphatic rings. The summed E-state index contributed by atoms with van der Waals surface area (Å²) < 4.78 is 0. The maximum absolute atomic E-state index is 2.22. The third kappa shape index (κ3) is 6.98. The fraction of sp³-hybridized carbons (Fsp3) is 0.188. The molecule has 1 radical (unpaired) electrons. The first-order chi connectivity index (χ1) is 14.9. The Labute approximate surface area is 228 Å². The van der Waals surface area contributed by atoms with E-state index in [2.05, 4.69) is 97.1 Å². The molecule has 0 unspecified atom stereocenters. The number of hydrogen-bond donors (Lipinski definition) is 0. The van der Waals surface area contributed by atoms with Gasteiger partial charge in [0.15, 0.2) is 0 Å². The molecular formula is C32H38Y-2. The summed E-state index contributed by atoms with van der Waals surface area (Å²) in [5, 5.41) is 0. The minimum absolute atomic E-state index is 0. The van der Waals surface area contributed by atoms with Crippen molar-refractivity contribution in [1.29, 1.82) is 0 Å². The molecule has 2 aliphatic carbocycles. The summed E-state index contributed by atoms with van der Waals surface area (Å²) in [6.07, 6.45) is 2.21. The van der Waals surface area contributed by atoms with Gasteiger partial charge in [0.25, 0.3) is 0 Å². The van der Waals surface area contributed by atoms with Crippen molar-refractivity contribution in [2.75, 3.05) is 0 Å². The molecule has 0 spiro atoms. The maximum atomic E-state index is 2.22. The van der Waals surface area contributed by atoms with E-state index >= 15 is 0 Å². The van der Waals surface area contributed by atoms with E-state index in [0.29, 0.717) is 0 Å². The summed E-state index contributed by atoms with van der Waals surface area (Å²) in [6.45, 7) is 8.00. The molecule has 0 atom stereocenters. The van der Waals surface area contributed by atoms with Gasteiger partial charge < -0.3 is 14.9 Å². The van der Waals surface area contributed by atoms with Gasteiger partial charge in [-0.3, -0.25) is 0 Å². The molecule has 0 bridgehead atoms. The Kier molecular flexibility index (Phi) is 14.8. The van der Waals surface area contributed by atoms with E-state index in [1.165, 1.54) is 44.5 Å². The summed E-state index contributed by atoms with van der Waals surface area (Å²) >= 11 is 0. The van der Waals surface area contributed by atoms with Crippen molar-refractivity contribution in [3.05, 3.63) is 134 Å². The van der Waals surface area contributed by atoms with Gasteiger partial charge in [0.2, 0.25) is 0 Å². The number of fused-ring (bicyclic) bond motifs is 6. The van der Waals surface area contributed by atoms with Crippen LogP contribution in [0.2, 0.25) is 0 Å². The Morgan fingerprint density at radius 1 is 0.364 bits per heavy atom. The molecular weight excluding hydrogens is 473 g/mol. The maximum Gasteiger partial charge on any atom is 0 e. The average molecular weight is 512 g/mol. The van der Waals surface area contributed by atoms with Crippen LogP contribution in [-0.2, 0) is 45.6 Å². The van der Waals surface area contributed by atoms with Crippen LogP contribution < -0.4 is 0 Å². The molecule has 0 amide bonds. The third-order valence-electron chi connectivity index (χ3n) is 5.41. The molecule has 0 saturated carbocycles. The van der Waals surface area contributed by atoms with E-state index in [-0.39, 0.29) is 47.6 Å². The predicted octanol–water partition coefficient (Wildman–Crippen LogP) is 9.47. The molecule has 0 fully saturated rings. The zero-order chi connectivity index (χ0) is 21.3. The summed E-state index contributed by atoms with van der Waals surface area (Å²) in [5.74, 6) is 0. The predicted molar refractivity (Wildman–Crippen MR) is 145 cm³/mol. The number of benzene rings is 4. The van der Waals surface area contributed by atoms with Crippen LogP contribution in [0.4, 0.5) is 0 Å². The van der Waals surface area contributed by atoms with Crippen molar-refractivity contribution in [3.63, 3.8) is 0 Å². The Balaban J connectivity index is 0.000000501. The molecule has 6 rings (SSSR count). The fourth-order valence-electron chi connectivity index (χ4n) is 4.16. The van der Waals surface area contributed by atoms with Crippen molar-refractivity contribution in [1.82, 2.24) is 0 Å². The second-order valence-corrected chi connectivity index (χ2v) is 6.98. The van der Waals surface area contributed by atoms with Gasteiger partial charge >= 0.3 is 0 Å². The Morgan fingerprint density at radius 2 is 0.545 bits per heavy atom. The summed E-state index contributed by atoms with van der Waals surface area (Å²) in [4.78, 5) is 0. The zero-order valence-corrected chi connectivity index (χ0v) is 24.1. The molecule has 4 aromatic carbocycles. The second kappa shape index (κ2) is 15.8. The van der Waals surface area contributed by atoms with Crippen LogP contribution in [-0.4, -0.2) is 0 Å². The van der Waals surface area contributed by atoms with E-state index in [9.17, 15) is 0 Å². The van der Waals surface area contributed by atoms with Crippen molar-refractivity contribution in [2.24, 2.45) is 0 Å². The van der Waals surface area contributed by atoms with E-state index < -0.39 is 0 Å². The van der Waals surface area contributed by atoms with Gasteiger partial charge in [-0.25, -0.2) is 0 Å². The van der Waals surface area contributed by atoms with E-state index in [4.69, 9.17) is 0 Å². The first kappa shape index (κ1) is 31.0. The molecule has 0 aliphatic heterocycles. The van der Waals surface area contributed by atoms with Crippen LogP contribution in [0.5, 0.6) is 0 Å². The Morgan fingerprint density at radius 3 is 0.758 bits per heavy atom. The van der Waals surface area contributed by atoms with Crippen LogP contribution in [0, 0.1) is 14.9 Å². The van der Waals surface area contributed by atoms with Gasteiger partial charge in [-0.05, 0) is 57.3 Å². The first-order valence-corrected chi connectivity index (χ1v) is 11.2. The second-order valence-electron chi connectivity index (χ2n) is 6.98. The summed E-state index contributed by atoms with van der Waals surface area (Å²) in [6, 6.07) is 34.6. The van der Waals surface area contributed by atoms with Gasteiger partial charge in [-0.15, -0.1) is 0 Å². The first-order valence-electron chi connectivity index (χ1n) is 11.2. The number of rotatable bonds is 0. The van der Waals surface area contributed by atoms with E-state index in [1.54, 1.807) is 0 Å². The molecule has 0 N–H and O–H groups in total. The molecule has 1 heteroatoms. The molecule has 171 valence electrons. The smallest absolute Gasteiger partial charge is 0 e. The van der Waals surface area contributed by atoms with Crippen LogP contribution in [0.15, 0.2) is 97.1 Å². The molecule has 0 heterocycles. The zero-order valence-electron chi connectivity index (χ0n) is 21.2. The van der Waals surface area contributed by atoms with Crippen molar-refractivity contribution in [2.45, 2.75) is 40.5 Å². The quantitative estimate of drug-likeness (QED) is 0.178. The van der Waals surface area contributed by atoms with Gasteiger partial charge in [-0.1, -0.05) is 125 Å². The Bertz CT molecular complexity index is 919. The molecule has 0 saturated heterocycles. The average Bonchev–Trinajstić information content (AvgIpc) is 3.40. The SMILES string of the molecule is CC.CC.[CH3-].[CH3-].[Y].c1ccc2c(c1)Cc1ccccc1-2.c1ccc2c(c1)Cc1ccccc1-2. The summed E-state index contributed by atoms with van der Waals surface area (Å²) in [7, 11) is 0. The molecule has 0 aromatic heterocycles. The monoisotopic (exact) mass is 511 g/mol. The molecule has 33 heavy (non-hydrogen) atoms. The molecule has 0 nitrogen and oxygen atoms in total. The standard InChI is InChI=1S/2C13H10.2C2H6.2CH3.Y/c2*1-3-7-12-10(5-1)9-11-6-2-4-8-13(11)12;2*1-2;;;/h2*1-8H,9H2;2*1-2H3;2*1H3;/q;;;;2*-1;. The largest absolute Gasteiger partial charge is 0.358 e. The van der Waals surface area contributed by atoms with Gasteiger partial charge in [0.1, 0.15) is 0 Å². The summed E-state index contributed by atoms with van der Waals surface area (Å²) in [5.41, 5.74) is 11.5. The van der Waals surface area contributed by atoms with Crippen molar-refractivity contribution < 1.29 is 32.7 Å². The van der Waals surface area contributed by atoms with Crippen molar-refractivity contribution >= 4 is 0 Å². The fourth-order valence-corrected chi connectivity index (χ4v) is 4.16. The Hall–Kier alpha value is -2.02. The van der Waals surface area contributed by atoms with Crippen LogP contribution in [0.1, 0.15) is 49.9 Å². The topological polar surface area (TPSA) is 0 Å². The third-order valence-corrected chi connectivity index (χ3v) is 5.41. The van der Waals surface area contributed by atoms with E-state index in [0.717, 1.165) is 12.8 Å². The van der Waals surface area contributed by atoms with Gasteiger partial charge in [-0.2, -0.15) is 0 Å². The van der Waals surface area contributed by atoms with Gasteiger partial charge in [0.05, 0.1) is 0 Å². The molecule has 4 aromatic rings. The van der Waals surface area contributed by atoms with Crippen LogP contribution in [0.25, 0.3) is 22.3 Å². The number of hydrogen-bond acceptors (Lipinski definition) is 0. The van der Waals surface area contributed by atoms with Crippen LogP contribution >= 0.6 is 0 Å². The minimum Gasteiger partial charge on any atom is -0.358 e.